The molecule has 2 N–H and O–H groups in total. The molecule has 2 heterocycles. The van der Waals surface area contributed by atoms with Crippen LogP contribution >= 0.6 is 23.2 Å². The summed E-state index contributed by atoms with van der Waals surface area (Å²) in [5.74, 6) is 0.0837. The van der Waals surface area contributed by atoms with E-state index < -0.39 is 6.23 Å². The molecule has 0 saturated carbocycles. The van der Waals surface area contributed by atoms with Gasteiger partial charge in [0.25, 0.3) is 11.5 Å². The summed E-state index contributed by atoms with van der Waals surface area (Å²) in [7, 11) is 0. The molecule has 0 aliphatic carbocycles. The second kappa shape index (κ2) is 9.78. The highest BCUT2D eigenvalue weighted by atomic mass is 35.5. The van der Waals surface area contributed by atoms with Crippen LogP contribution in [0.4, 0.5) is 5.95 Å². The summed E-state index contributed by atoms with van der Waals surface area (Å²) in [6.45, 7) is 5.86. The fraction of sp³-hybridized carbons (Fsp3) is 0.320. The lowest BCUT2D eigenvalue weighted by molar-refractivity contribution is 0.0730. The predicted molar refractivity (Wildman–Crippen MR) is 134 cm³/mol. The number of benzene rings is 2. The van der Waals surface area contributed by atoms with E-state index in [-0.39, 0.29) is 30.0 Å². The number of hydrogen-bond acceptors (Lipinski definition) is 5. The van der Waals surface area contributed by atoms with Gasteiger partial charge in [-0.25, -0.2) is 4.98 Å². The average Bonchev–Trinajstić information content (AvgIpc) is 2.80. The van der Waals surface area contributed by atoms with Gasteiger partial charge in [0, 0.05) is 28.6 Å². The number of aliphatic hydroxyl groups excluding tert-OH is 1. The number of rotatable bonds is 5. The Hall–Kier alpha value is -2.87. The summed E-state index contributed by atoms with van der Waals surface area (Å²) in [5.41, 5.74) is 2.98. The minimum atomic E-state index is -1.10. The van der Waals surface area contributed by atoms with E-state index in [0.29, 0.717) is 39.8 Å². The summed E-state index contributed by atoms with van der Waals surface area (Å²) in [6, 6.07) is 12.4. The van der Waals surface area contributed by atoms with Crippen LogP contribution in [0.2, 0.25) is 10.0 Å². The largest absolute Gasteiger partial charge is 0.373 e. The molecule has 1 aliphatic heterocycles. The number of hydrogen-bond donors (Lipinski definition) is 2. The van der Waals surface area contributed by atoms with Crippen molar-refractivity contribution in [1.29, 1.82) is 0 Å². The molecule has 4 rings (SSSR count). The monoisotopic (exact) mass is 500 g/mol. The Morgan fingerprint density at radius 1 is 1.15 bits per heavy atom. The number of halogens is 2. The molecular formula is C25H26Cl2N4O3. The van der Waals surface area contributed by atoms with Crippen LogP contribution in [0, 0.1) is 6.92 Å². The summed E-state index contributed by atoms with van der Waals surface area (Å²) < 4.78 is 1.22. The van der Waals surface area contributed by atoms with Gasteiger partial charge in [0.2, 0.25) is 5.95 Å². The number of carbonyl (C=O) groups excluding carboxylic acids is 1. The van der Waals surface area contributed by atoms with E-state index in [1.807, 2.05) is 26.0 Å². The normalized spacial score (nSPS) is 14.9. The fourth-order valence-corrected chi connectivity index (χ4v) is 4.36. The zero-order valence-electron chi connectivity index (χ0n) is 19.2. The number of nitrogens with zero attached hydrogens (tertiary/aromatic N) is 3. The number of aromatic nitrogens is 2. The van der Waals surface area contributed by atoms with Crippen molar-refractivity contribution in [2.24, 2.45) is 0 Å². The number of aryl methyl sites for hydroxylation is 1. The maximum atomic E-state index is 13.4. The molecular weight excluding hydrogens is 475 g/mol. The quantitative estimate of drug-likeness (QED) is 0.528. The van der Waals surface area contributed by atoms with E-state index >= 15 is 0 Å². The summed E-state index contributed by atoms with van der Waals surface area (Å²) in [6.07, 6.45) is -0.673. The van der Waals surface area contributed by atoms with Crippen LogP contribution in [0.15, 0.2) is 47.3 Å². The van der Waals surface area contributed by atoms with Crippen LogP contribution in [-0.4, -0.2) is 32.0 Å². The molecule has 1 unspecified atom stereocenters. The number of anilines is 1. The molecule has 34 heavy (non-hydrogen) atoms. The third-order valence-electron chi connectivity index (χ3n) is 6.06. The Morgan fingerprint density at radius 3 is 2.50 bits per heavy atom. The first-order chi connectivity index (χ1) is 16.2. The second-order valence-electron chi connectivity index (χ2n) is 8.53. The average molecular weight is 501 g/mol. The van der Waals surface area contributed by atoms with Crippen molar-refractivity contribution >= 4 is 35.1 Å². The summed E-state index contributed by atoms with van der Waals surface area (Å²) >= 11 is 12.2. The number of nitrogens with one attached hydrogen (secondary N) is 1. The molecule has 0 bridgehead atoms. The molecule has 178 valence electrons. The molecule has 0 radical (unpaired) electrons. The van der Waals surface area contributed by atoms with Crippen molar-refractivity contribution in [3.63, 3.8) is 0 Å². The van der Waals surface area contributed by atoms with Gasteiger partial charge in [-0.1, -0.05) is 41.4 Å². The highest BCUT2D eigenvalue weighted by Crippen LogP contribution is 2.25. The topological polar surface area (TPSA) is 87.5 Å². The molecule has 0 spiro atoms. The Bertz CT molecular complexity index is 1290. The standard InChI is InChI=1S/C25H26Cl2N4O3/c1-14-4-5-18(12-21(14)27)23(33)30-11-10-22-20(13-30)24(34)31(16(3)32)25(29-22)28-15(2)17-6-8-19(26)9-7-17/h4-9,12,15-16,32H,10-11,13H2,1-3H3,(H,28,29)/t15-,16?/m0/s1. The van der Waals surface area contributed by atoms with Crippen molar-refractivity contribution in [1.82, 2.24) is 14.5 Å². The van der Waals surface area contributed by atoms with E-state index in [9.17, 15) is 14.7 Å². The minimum absolute atomic E-state index is 0.116. The molecule has 7 nitrogen and oxygen atoms in total. The third kappa shape index (κ3) is 4.82. The van der Waals surface area contributed by atoms with Crippen molar-refractivity contribution in [2.45, 2.75) is 46.0 Å². The maximum Gasteiger partial charge on any atom is 0.262 e. The van der Waals surface area contributed by atoms with Crippen LogP contribution in [0.25, 0.3) is 0 Å². The smallest absolute Gasteiger partial charge is 0.262 e. The molecule has 1 amide bonds. The lowest BCUT2D eigenvalue weighted by atomic mass is 10.0. The van der Waals surface area contributed by atoms with E-state index in [0.717, 1.165) is 11.1 Å². The van der Waals surface area contributed by atoms with Crippen molar-refractivity contribution in [3.05, 3.63) is 90.8 Å². The summed E-state index contributed by atoms with van der Waals surface area (Å²) in [4.78, 5) is 32.7. The first-order valence-electron chi connectivity index (χ1n) is 11.1. The third-order valence-corrected chi connectivity index (χ3v) is 6.72. The van der Waals surface area contributed by atoms with Gasteiger partial charge in [0.05, 0.1) is 23.8 Å². The van der Waals surface area contributed by atoms with Gasteiger partial charge < -0.3 is 15.3 Å². The van der Waals surface area contributed by atoms with E-state index in [4.69, 9.17) is 23.2 Å². The number of fused-ring (bicyclic) bond motifs is 1. The maximum absolute atomic E-state index is 13.4. The molecule has 2 atom stereocenters. The van der Waals surface area contributed by atoms with Crippen LogP contribution < -0.4 is 10.9 Å². The van der Waals surface area contributed by atoms with E-state index in [1.165, 1.54) is 11.5 Å². The van der Waals surface area contributed by atoms with Gasteiger partial charge in [-0.3, -0.25) is 14.2 Å². The van der Waals surface area contributed by atoms with Crippen molar-refractivity contribution in [2.75, 3.05) is 11.9 Å². The van der Waals surface area contributed by atoms with Gasteiger partial charge in [-0.05, 0) is 56.2 Å². The Morgan fingerprint density at radius 2 is 1.85 bits per heavy atom. The lowest BCUT2D eigenvalue weighted by Gasteiger charge is -2.30. The molecule has 0 saturated heterocycles. The van der Waals surface area contributed by atoms with Gasteiger partial charge >= 0.3 is 0 Å². The zero-order chi connectivity index (χ0) is 24.6. The van der Waals surface area contributed by atoms with Gasteiger partial charge in [-0.15, -0.1) is 0 Å². The number of amides is 1. The van der Waals surface area contributed by atoms with Crippen molar-refractivity contribution < 1.29 is 9.90 Å². The van der Waals surface area contributed by atoms with Gasteiger partial charge in [-0.2, -0.15) is 0 Å². The lowest BCUT2D eigenvalue weighted by Crippen LogP contribution is -2.42. The van der Waals surface area contributed by atoms with Crippen LogP contribution in [0.5, 0.6) is 0 Å². The van der Waals surface area contributed by atoms with Gasteiger partial charge in [0.1, 0.15) is 6.23 Å². The predicted octanol–water partition coefficient (Wildman–Crippen LogP) is 4.74. The Labute approximate surface area is 208 Å². The highest BCUT2D eigenvalue weighted by molar-refractivity contribution is 6.31. The SMILES string of the molecule is Cc1ccc(C(=O)N2CCc3nc(N[C@@H](C)c4ccc(Cl)cc4)n(C(C)O)c(=O)c3C2)cc1Cl. The Kier molecular flexibility index (Phi) is 6.98. The zero-order valence-corrected chi connectivity index (χ0v) is 20.7. The minimum Gasteiger partial charge on any atom is -0.373 e. The number of aliphatic hydroxyl groups is 1. The van der Waals surface area contributed by atoms with Crippen LogP contribution in [-0.2, 0) is 13.0 Å². The van der Waals surface area contributed by atoms with Crippen LogP contribution in [0.3, 0.4) is 0 Å². The first kappa shape index (κ1) is 24.3. The molecule has 1 aromatic heterocycles. The van der Waals surface area contributed by atoms with Crippen molar-refractivity contribution in [3.8, 4) is 0 Å². The first-order valence-corrected chi connectivity index (χ1v) is 11.8. The van der Waals surface area contributed by atoms with E-state index in [2.05, 4.69) is 10.3 Å². The summed E-state index contributed by atoms with van der Waals surface area (Å²) in [5, 5.41) is 14.8. The molecule has 3 aromatic rings. The van der Waals surface area contributed by atoms with E-state index in [1.54, 1.807) is 35.2 Å². The van der Waals surface area contributed by atoms with Gasteiger partial charge in [0.15, 0.2) is 0 Å². The second-order valence-corrected chi connectivity index (χ2v) is 9.37. The molecule has 2 aromatic carbocycles. The number of carbonyl (C=O) groups is 1. The molecule has 1 aliphatic rings. The molecule has 0 fully saturated rings. The molecule has 9 heteroatoms. The Balaban J connectivity index is 1.64. The van der Waals surface area contributed by atoms with Crippen LogP contribution in [0.1, 0.15) is 58.9 Å². The highest BCUT2D eigenvalue weighted by Gasteiger charge is 2.28. The fourth-order valence-electron chi connectivity index (χ4n) is 4.05.